The molecule has 0 atom stereocenters. The second-order valence-corrected chi connectivity index (χ2v) is 6.35. The minimum Gasteiger partial charge on any atom is -0.492 e. The first kappa shape index (κ1) is 13.0. The molecule has 1 fully saturated rings. The van der Waals surface area contributed by atoms with Crippen LogP contribution in [0.2, 0.25) is 0 Å². The van der Waals surface area contributed by atoms with Crippen molar-refractivity contribution in [2.45, 2.75) is 43.9 Å². The van der Waals surface area contributed by atoms with Crippen molar-refractivity contribution in [1.82, 2.24) is 0 Å². The van der Waals surface area contributed by atoms with Crippen molar-refractivity contribution in [2.24, 2.45) is 0 Å². The highest BCUT2D eigenvalue weighted by atomic mass is 79.9. The summed E-state index contributed by atoms with van der Waals surface area (Å²) in [6.07, 6.45) is 5.50. The van der Waals surface area contributed by atoms with Crippen LogP contribution in [0.1, 0.15) is 43.2 Å². The van der Waals surface area contributed by atoms with Gasteiger partial charge in [-0.2, -0.15) is 0 Å². The predicted octanol–water partition coefficient (Wildman–Crippen LogP) is 3.67. The Morgan fingerprint density at radius 1 is 1.26 bits per heavy atom. The number of carboxylic acid groups (broad SMARTS) is 1. The Kier molecular flexibility index (Phi) is 3.29. The van der Waals surface area contributed by atoms with E-state index in [1.54, 1.807) is 0 Å². The van der Waals surface area contributed by atoms with Crippen LogP contribution < -0.4 is 4.74 Å². The standard InChI is InChI=1S/C15H17BrO3/c16-12-9-11(8-10-4-7-19-13(10)12)15(14(17)18)5-2-1-3-6-15/h8-9H,1-7H2,(H,17,18). The van der Waals surface area contributed by atoms with Crippen LogP contribution in [0.4, 0.5) is 0 Å². The summed E-state index contributed by atoms with van der Waals surface area (Å²) in [7, 11) is 0. The van der Waals surface area contributed by atoms with Crippen LogP contribution in [0.3, 0.4) is 0 Å². The van der Waals surface area contributed by atoms with Crippen LogP contribution in [0.15, 0.2) is 16.6 Å². The molecule has 1 saturated carbocycles. The van der Waals surface area contributed by atoms with Crippen molar-refractivity contribution in [3.63, 3.8) is 0 Å². The summed E-state index contributed by atoms with van der Waals surface area (Å²) < 4.78 is 6.46. The quantitative estimate of drug-likeness (QED) is 0.902. The van der Waals surface area contributed by atoms with Crippen LogP contribution in [0, 0.1) is 0 Å². The summed E-state index contributed by atoms with van der Waals surface area (Å²) in [5.74, 6) is 0.207. The molecular formula is C15H17BrO3. The van der Waals surface area contributed by atoms with Gasteiger partial charge in [0.05, 0.1) is 16.5 Å². The Balaban J connectivity index is 2.08. The molecule has 102 valence electrons. The Hall–Kier alpha value is -1.03. The number of rotatable bonds is 2. The third-order valence-corrected chi connectivity index (χ3v) is 5.00. The van der Waals surface area contributed by atoms with Crippen LogP contribution in [0.5, 0.6) is 5.75 Å². The number of hydrogen-bond donors (Lipinski definition) is 1. The Morgan fingerprint density at radius 3 is 2.68 bits per heavy atom. The highest BCUT2D eigenvalue weighted by Crippen LogP contribution is 2.44. The molecule has 1 heterocycles. The molecule has 4 heteroatoms. The molecule has 1 aromatic carbocycles. The van der Waals surface area contributed by atoms with Crippen molar-refractivity contribution in [3.05, 3.63) is 27.7 Å². The van der Waals surface area contributed by atoms with Crippen LogP contribution in [-0.2, 0) is 16.6 Å². The van der Waals surface area contributed by atoms with Crippen molar-refractivity contribution in [2.75, 3.05) is 6.61 Å². The normalized spacial score (nSPS) is 20.7. The lowest BCUT2D eigenvalue weighted by Crippen LogP contribution is -2.37. The predicted molar refractivity (Wildman–Crippen MR) is 75.7 cm³/mol. The molecule has 0 saturated heterocycles. The van der Waals surface area contributed by atoms with Gasteiger partial charge in [0, 0.05) is 6.42 Å². The molecule has 0 radical (unpaired) electrons. The largest absolute Gasteiger partial charge is 0.492 e. The molecular weight excluding hydrogens is 308 g/mol. The summed E-state index contributed by atoms with van der Waals surface area (Å²) in [6, 6.07) is 4.00. The first-order valence-electron chi connectivity index (χ1n) is 6.82. The minimum absolute atomic E-state index is 0.682. The second kappa shape index (κ2) is 4.82. The molecule has 1 N–H and O–H groups in total. The zero-order valence-electron chi connectivity index (χ0n) is 10.7. The number of benzene rings is 1. The van der Waals surface area contributed by atoms with Gasteiger partial charge < -0.3 is 9.84 Å². The third kappa shape index (κ3) is 2.06. The van der Waals surface area contributed by atoms with Crippen LogP contribution >= 0.6 is 15.9 Å². The number of carbonyl (C=O) groups is 1. The fourth-order valence-corrected chi connectivity index (χ4v) is 3.93. The lowest BCUT2D eigenvalue weighted by molar-refractivity contribution is -0.145. The molecule has 0 spiro atoms. The molecule has 0 aromatic heterocycles. The zero-order chi connectivity index (χ0) is 13.5. The minimum atomic E-state index is -0.696. The zero-order valence-corrected chi connectivity index (χ0v) is 12.3. The van der Waals surface area contributed by atoms with E-state index in [0.29, 0.717) is 6.61 Å². The van der Waals surface area contributed by atoms with Crippen LogP contribution in [-0.4, -0.2) is 17.7 Å². The van der Waals surface area contributed by atoms with Gasteiger partial charge in [-0.15, -0.1) is 0 Å². The van der Waals surface area contributed by atoms with E-state index in [-0.39, 0.29) is 0 Å². The molecule has 3 rings (SSSR count). The lowest BCUT2D eigenvalue weighted by atomic mass is 9.69. The fourth-order valence-electron chi connectivity index (χ4n) is 3.32. The molecule has 0 bridgehead atoms. The molecule has 2 aliphatic rings. The van der Waals surface area contributed by atoms with E-state index in [1.165, 1.54) is 0 Å². The second-order valence-electron chi connectivity index (χ2n) is 5.49. The maximum absolute atomic E-state index is 11.8. The van der Waals surface area contributed by atoms with Crippen molar-refractivity contribution < 1.29 is 14.6 Å². The monoisotopic (exact) mass is 324 g/mol. The van der Waals surface area contributed by atoms with Gasteiger partial charge in [0.2, 0.25) is 0 Å². The van der Waals surface area contributed by atoms with Gasteiger partial charge in [-0.25, -0.2) is 0 Å². The highest BCUT2D eigenvalue weighted by Gasteiger charge is 2.42. The average molecular weight is 325 g/mol. The number of carboxylic acids is 1. The van der Waals surface area contributed by atoms with Gasteiger partial charge in [0.15, 0.2) is 0 Å². The molecule has 1 aliphatic carbocycles. The van der Waals surface area contributed by atoms with Crippen LogP contribution in [0.25, 0.3) is 0 Å². The topological polar surface area (TPSA) is 46.5 Å². The van der Waals surface area contributed by atoms with Gasteiger partial charge in [-0.1, -0.05) is 25.3 Å². The molecule has 0 unspecified atom stereocenters. The first-order valence-corrected chi connectivity index (χ1v) is 7.62. The number of hydrogen-bond acceptors (Lipinski definition) is 2. The molecule has 0 amide bonds. The summed E-state index contributed by atoms with van der Waals surface area (Å²) >= 11 is 3.52. The van der Waals surface area contributed by atoms with Gasteiger partial charge >= 0.3 is 5.97 Å². The number of fused-ring (bicyclic) bond motifs is 1. The molecule has 19 heavy (non-hydrogen) atoms. The molecule has 1 aromatic rings. The SMILES string of the molecule is O=C(O)C1(c2cc(Br)c3c(c2)CCO3)CCCCC1. The Labute approximate surface area is 121 Å². The smallest absolute Gasteiger partial charge is 0.314 e. The van der Waals surface area contributed by atoms with E-state index in [4.69, 9.17) is 4.74 Å². The van der Waals surface area contributed by atoms with Gasteiger partial charge in [0.25, 0.3) is 0 Å². The van der Waals surface area contributed by atoms with Gasteiger partial charge in [-0.05, 0) is 46.0 Å². The van der Waals surface area contributed by atoms with E-state index < -0.39 is 11.4 Å². The number of halogens is 1. The summed E-state index contributed by atoms with van der Waals surface area (Å²) in [5, 5.41) is 9.74. The lowest BCUT2D eigenvalue weighted by Gasteiger charge is -2.34. The molecule has 3 nitrogen and oxygen atoms in total. The van der Waals surface area contributed by atoms with Crippen molar-refractivity contribution >= 4 is 21.9 Å². The summed E-state index contributed by atoms with van der Waals surface area (Å²) in [5.41, 5.74) is 1.38. The number of aliphatic carboxylic acids is 1. The summed E-state index contributed by atoms with van der Waals surface area (Å²) in [4.78, 5) is 11.8. The maximum atomic E-state index is 11.8. The molecule has 1 aliphatic heterocycles. The van der Waals surface area contributed by atoms with E-state index in [1.807, 2.05) is 12.1 Å². The third-order valence-electron chi connectivity index (χ3n) is 4.41. The van der Waals surface area contributed by atoms with Crippen molar-refractivity contribution in [3.8, 4) is 5.75 Å². The van der Waals surface area contributed by atoms with E-state index in [9.17, 15) is 9.90 Å². The van der Waals surface area contributed by atoms with Gasteiger partial charge in [-0.3, -0.25) is 4.79 Å². The maximum Gasteiger partial charge on any atom is 0.314 e. The fraction of sp³-hybridized carbons (Fsp3) is 0.533. The average Bonchev–Trinajstić information content (AvgIpc) is 2.88. The summed E-state index contributed by atoms with van der Waals surface area (Å²) in [6.45, 7) is 0.692. The number of ether oxygens (including phenoxy) is 1. The Bertz CT molecular complexity index is 518. The van der Waals surface area contributed by atoms with E-state index in [2.05, 4.69) is 15.9 Å². The van der Waals surface area contributed by atoms with Crippen molar-refractivity contribution in [1.29, 1.82) is 0 Å². The Morgan fingerprint density at radius 2 is 2.00 bits per heavy atom. The van der Waals surface area contributed by atoms with E-state index in [0.717, 1.165) is 59.9 Å². The van der Waals surface area contributed by atoms with Gasteiger partial charge in [0.1, 0.15) is 5.75 Å². The highest BCUT2D eigenvalue weighted by molar-refractivity contribution is 9.10. The first-order chi connectivity index (χ1) is 9.13. The van der Waals surface area contributed by atoms with E-state index >= 15 is 0 Å².